The van der Waals surface area contributed by atoms with Crippen molar-refractivity contribution in [1.82, 2.24) is 0 Å². The van der Waals surface area contributed by atoms with Crippen LogP contribution in [0.15, 0.2) is 18.2 Å². The normalized spacial score (nSPS) is 11.3. The Hall–Kier alpha value is -1.13. The topological polar surface area (TPSA) is 47.3 Å². The highest BCUT2D eigenvalue weighted by atomic mass is 32.1. The lowest BCUT2D eigenvalue weighted by molar-refractivity contribution is 0.000692. The number of nitrogens with one attached hydrogen (secondary N) is 1. The van der Waals surface area contributed by atoms with Crippen molar-refractivity contribution in [2.75, 3.05) is 18.5 Å². The molecule has 18 heavy (non-hydrogen) atoms. The van der Waals surface area contributed by atoms with E-state index in [0.29, 0.717) is 18.1 Å². The number of aryl methyl sites for hydroxylation is 1. The summed E-state index contributed by atoms with van der Waals surface area (Å²) in [6, 6.07) is 5.94. The van der Waals surface area contributed by atoms with Crippen molar-refractivity contribution in [1.29, 1.82) is 0 Å². The summed E-state index contributed by atoms with van der Waals surface area (Å²) in [5, 5.41) is 3.40. The number of thiocarbonyl (C=S) groups is 1. The van der Waals surface area contributed by atoms with Crippen LogP contribution in [0.25, 0.3) is 0 Å². The second-order valence-electron chi connectivity index (χ2n) is 4.91. The zero-order chi connectivity index (χ0) is 13.8. The second kappa shape index (κ2) is 6.16. The molecule has 1 rings (SSSR count). The van der Waals surface area contributed by atoms with E-state index >= 15 is 0 Å². The first-order valence-electron chi connectivity index (χ1n) is 6.14. The van der Waals surface area contributed by atoms with Crippen LogP contribution in [-0.2, 0) is 4.74 Å². The summed E-state index contributed by atoms with van der Waals surface area (Å²) in [6.45, 7) is 9.56. The minimum absolute atomic E-state index is 0.218. The van der Waals surface area contributed by atoms with Gasteiger partial charge in [-0.1, -0.05) is 24.4 Å². The van der Waals surface area contributed by atoms with Crippen molar-refractivity contribution < 1.29 is 4.74 Å². The third-order valence-corrected chi connectivity index (χ3v) is 2.98. The Morgan fingerprint density at radius 2 is 2.11 bits per heavy atom. The van der Waals surface area contributed by atoms with E-state index in [0.717, 1.165) is 16.8 Å². The van der Waals surface area contributed by atoms with Crippen LogP contribution in [-0.4, -0.2) is 23.7 Å². The van der Waals surface area contributed by atoms with Gasteiger partial charge in [0.05, 0.1) is 5.60 Å². The highest BCUT2D eigenvalue weighted by Crippen LogP contribution is 2.22. The van der Waals surface area contributed by atoms with E-state index in [1.54, 1.807) is 0 Å². The first kappa shape index (κ1) is 14.9. The van der Waals surface area contributed by atoms with Gasteiger partial charge in [-0.25, -0.2) is 0 Å². The van der Waals surface area contributed by atoms with Gasteiger partial charge in [0.2, 0.25) is 0 Å². The van der Waals surface area contributed by atoms with Gasteiger partial charge in [-0.3, -0.25) is 0 Å². The molecule has 0 saturated carbocycles. The molecule has 0 aliphatic carbocycles. The Labute approximate surface area is 115 Å². The van der Waals surface area contributed by atoms with E-state index in [-0.39, 0.29) is 5.60 Å². The van der Waals surface area contributed by atoms with Crippen molar-refractivity contribution in [2.45, 2.75) is 33.3 Å². The Kier molecular flexibility index (Phi) is 5.11. The first-order valence-corrected chi connectivity index (χ1v) is 6.55. The fourth-order valence-electron chi connectivity index (χ4n) is 1.85. The fraction of sp³-hybridized carbons (Fsp3) is 0.500. The summed E-state index contributed by atoms with van der Waals surface area (Å²) in [5.41, 5.74) is 8.54. The molecule has 0 amide bonds. The smallest absolute Gasteiger partial charge is 0.106 e. The molecule has 0 bridgehead atoms. The molecule has 3 N–H and O–H groups in total. The van der Waals surface area contributed by atoms with Crippen LogP contribution in [0.1, 0.15) is 31.9 Å². The van der Waals surface area contributed by atoms with Gasteiger partial charge in [0.15, 0.2) is 0 Å². The lowest BCUT2D eigenvalue weighted by Crippen LogP contribution is -2.34. The quantitative estimate of drug-likeness (QED) is 0.777. The number of anilines is 1. The van der Waals surface area contributed by atoms with Crippen molar-refractivity contribution in [3.8, 4) is 0 Å². The second-order valence-corrected chi connectivity index (χ2v) is 5.35. The van der Waals surface area contributed by atoms with Crippen LogP contribution in [0.3, 0.4) is 0 Å². The highest BCUT2D eigenvalue weighted by molar-refractivity contribution is 7.80. The molecule has 0 aromatic heterocycles. The van der Waals surface area contributed by atoms with Crippen LogP contribution in [0.4, 0.5) is 5.69 Å². The van der Waals surface area contributed by atoms with Crippen molar-refractivity contribution >= 4 is 22.9 Å². The molecule has 100 valence electrons. The third-order valence-electron chi connectivity index (χ3n) is 2.76. The van der Waals surface area contributed by atoms with Crippen molar-refractivity contribution in [3.63, 3.8) is 0 Å². The van der Waals surface area contributed by atoms with Crippen LogP contribution < -0.4 is 11.1 Å². The lowest BCUT2D eigenvalue weighted by Gasteiger charge is -2.26. The SMILES string of the molecule is CCOC(C)(C)CNc1c(C)cccc1C(N)=S. The lowest BCUT2D eigenvalue weighted by atomic mass is 10.1. The maximum Gasteiger partial charge on any atom is 0.106 e. The fourth-order valence-corrected chi connectivity index (χ4v) is 2.02. The van der Waals surface area contributed by atoms with E-state index in [4.69, 9.17) is 22.7 Å². The van der Waals surface area contributed by atoms with Crippen LogP contribution >= 0.6 is 12.2 Å². The Morgan fingerprint density at radius 3 is 2.67 bits per heavy atom. The molecule has 0 unspecified atom stereocenters. The Balaban J connectivity index is 2.87. The minimum atomic E-state index is -0.218. The van der Waals surface area contributed by atoms with Crippen LogP contribution in [0.2, 0.25) is 0 Å². The molecule has 0 aliphatic rings. The molecule has 3 nitrogen and oxygen atoms in total. The molecule has 0 atom stereocenters. The molecule has 1 aromatic rings. The molecule has 0 radical (unpaired) electrons. The van der Waals surface area contributed by atoms with E-state index < -0.39 is 0 Å². The summed E-state index contributed by atoms with van der Waals surface area (Å²) in [5.74, 6) is 0. The molecule has 0 fully saturated rings. The molecule has 0 spiro atoms. The molecular weight excluding hydrogens is 244 g/mol. The number of ether oxygens (including phenoxy) is 1. The van der Waals surface area contributed by atoms with Crippen LogP contribution in [0, 0.1) is 6.92 Å². The number of hydrogen-bond acceptors (Lipinski definition) is 3. The van der Waals surface area contributed by atoms with Crippen molar-refractivity contribution in [2.24, 2.45) is 5.73 Å². The molecule has 0 aliphatic heterocycles. The summed E-state index contributed by atoms with van der Waals surface area (Å²) in [4.78, 5) is 0.412. The van der Waals surface area contributed by atoms with Gasteiger partial charge in [-0.2, -0.15) is 0 Å². The number of nitrogens with two attached hydrogens (primary N) is 1. The number of benzene rings is 1. The average Bonchev–Trinajstić information content (AvgIpc) is 2.26. The summed E-state index contributed by atoms with van der Waals surface area (Å²) >= 11 is 5.07. The summed E-state index contributed by atoms with van der Waals surface area (Å²) in [6.07, 6.45) is 0. The predicted octanol–water partition coefficient (Wildman–Crippen LogP) is 2.86. The number of para-hydroxylation sites is 1. The summed E-state index contributed by atoms with van der Waals surface area (Å²) in [7, 11) is 0. The van der Waals surface area contributed by atoms with Gasteiger partial charge in [-0.05, 0) is 39.3 Å². The standard InChI is InChI=1S/C14H22N2OS/c1-5-17-14(3,4)9-16-12-10(2)7-6-8-11(12)13(15)18/h6-8,16H,5,9H2,1-4H3,(H2,15,18). The van der Waals surface area contributed by atoms with E-state index in [9.17, 15) is 0 Å². The molecule has 1 aromatic carbocycles. The van der Waals surface area contributed by atoms with Gasteiger partial charge in [0.1, 0.15) is 4.99 Å². The van der Waals surface area contributed by atoms with Crippen LogP contribution in [0.5, 0.6) is 0 Å². The highest BCUT2D eigenvalue weighted by Gasteiger charge is 2.18. The van der Waals surface area contributed by atoms with Gasteiger partial charge < -0.3 is 15.8 Å². The molecule has 0 saturated heterocycles. The molecule has 4 heteroatoms. The van der Waals surface area contributed by atoms with Crippen molar-refractivity contribution in [3.05, 3.63) is 29.3 Å². The van der Waals surface area contributed by atoms with Gasteiger partial charge >= 0.3 is 0 Å². The Morgan fingerprint density at radius 1 is 1.44 bits per heavy atom. The van der Waals surface area contributed by atoms with Gasteiger partial charge in [0, 0.05) is 24.4 Å². The monoisotopic (exact) mass is 266 g/mol. The maximum atomic E-state index is 5.74. The summed E-state index contributed by atoms with van der Waals surface area (Å²) < 4.78 is 5.66. The third kappa shape index (κ3) is 3.96. The minimum Gasteiger partial charge on any atom is -0.389 e. The zero-order valence-electron chi connectivity index (χ0n) is 11.5. The maximum absolute atomic E-state index is 5.74. The molecular formula is C14H22N2OS. The molecule has 0 heterocycles. The largest absolute Gasteiger partial charge is 0.389 e. The first-order chi connectivity index (χ1) is 8.37. The number of rotatable bonds is 6. The van der Waals surface area contributed by atoms with E-state index in [1.807, 2.05) is 32.0 Å². The van der Waals surface area contributed by atoms with Gasteiger partial charge in [0.25, 0.3) is 0 Å². The Bertz CT molecular complexity index is 430. The van der Waals surface area contributed by atoms with Gasteiger partial charge in [-0.15, -0.1) is 0 Å². The number of hydrogen-bond donors (Lipinski definition) is 2. The average molecular weight is 266 g/mol. The zero-order valence-corrected chi connectivity index (χ0v) is 12.4. The van der Waals surface area contributed by atoms with E-state index in [2.05, 4.69) is 19.2 Å². The predicted molar refractivity (Wildman–Crippen MR) is 81.3 cm³/mol. The van der Waals surface area contributed by atoms with E-state index in [1.165, 1.54) is 0 Å².